The lowest BCUT2D eigenvalue weighted by molar-refractivity contribution is -0.384. The number of hydrogen-bond acceptors (Lipinski definition) is 4. The monoisotopic (exact) mass is 238 g/mol. The van der Waals surface area contributed by atoms with Crippen molar-refractivity contribution in [3.63, 3.8) is 0 Å². The first-order valence-corrected chi connectivity index (χ1v) is 5.54. The van der Waals surface area contributed by atoms with Gasteiger partial charge in [0, 0.05) is 31.8 Å². The van der Waals surface area contributed by atoms with E-state index in [2.05, 4.69) is 5.32 Å². The Morgan fingerprint density at radius 2 is 1.94 bits per heavy atom. The predicted molar refractivity (Wildman–Crippen MR) is 65.9 cm³/mol. The summed E-state index contributed by atoms with van der Waals surface area (Å²) in [6.07, 6.45) is 0.132. The predicted octanol–water partition coefficient (Wildman–Crippen LogP) is 2.11. The van der Waals surface area contributed by atoms with Crippen molar-refractivity contribution in [1.29, 1.82) is 0 Å². The highest BCUT2D eigenvalue weighted by Crippen LogP contribution is 2.12. The first-order valence-electron chi connectivity index (χ1n) is 5.54. The summed E-state index contributed by atoms with van der Waals surface area (Å²) < 4.78 is 5.20. The lowest BCUT2D eigenvalue weighted by atomic mass is 10.1. The second kappa shape index (κ2) is 6.32. The summed E-state index contributed by atoms with van der Waals surface area (Å²) >= 11 is 0. The molecule has 0 aliphatic carbocycles. The zero-order chi connectivity index (χ0) is 12.8. The number of nitro groups is 1. The van der Waals surface area contributed by atoms with Crippen LogP contribution in [0.3, 0.4) is 0 Å². The molecule has 94 valence electrons. The van der Waals surface area contributed by atoms with Gasteiger partial charge in [0.1, 0.15) is 0 Å². The van der Waals surface area contributed by atoms with Crippen molar-refractivity contribution in [2.45, 2.75) is 32.5 Å². The molecule has 0 aliphatic rings. The molecule has 1 aromatic carbocycles. The quantitative estimate of drug-likeness (QED) is 0.609. The van der Waals surface area contributed by atoms with Gasteiger partial charge < -0.3 is 10.1 Å². The molecule has 1 N–H and O–H groups in total. The Bertz CT molecular complexity index is 365. The van der Waals surface area contributed by atoms with Gasteiger partial charge in [-0.3, -0.25) is 10.1 Å². The molecule has 1 rings (SSSR count). The summed E-state index contributed by atoms with van der Waals surface area (Å²) in [5.74, 6) is 0. The highest BCUT2D eigenvalue weighted by Gasteiger charge is 2.10. The first-order chi connectivity index (χ1) is 8.04. The Morgan fingerprint density at radius 1 is 1.35 bits per heavy atom. The van der Waals surface area contributed by atoms with Crippen molar-refractivity contribution in [3.05, 3.63) is 39.9 Å². The molecule has 0 bridgehead atoms. The van der Waals surface area contributed by atoms with Crippen molar-refractivity contribution in [2.75, 3.05) is 7.11 Å². The van der Waals surface area contributed by atoms with Gasteiger partial charge in [-0.1, -0.05) is 12.1 Å². The van der Waals surface area contributed by atoms with E-state index in [1.165, 1.54) is 12.1 Å². The van der Waals surface area contributed by atoms with E-state index in [9.17, 15) is 10.1 Å². The fourth-order valence-corrected chi connectivity index (χ4v) is 1.38. The molecule has 0 radical (unpaired) electrons. The van der Waals surface area contributed by atoms with Gasteiger partial charge in [0.2, 0.25) is 0 Å². The van der Waals surface area contributed by atoms with Gasteiger partial charge >= 0.3 is 0 Å². The second-order valence-corrected chi connectivity index (χ2v) is 4.03. The number of benzene rings is 1. The molecule has 0 aliphatic heterocycles. The van der Waals surface area contributed by atoms with Crippen LogP contribution in [0.5, 0.6) is 0 Å². The van der Waals surface area contributed by atoms with Gasteiger partial charge in [0.15, 0.2) is 0 Å². The number of nitro benzene ring substituents is 1. The fourth-order valence-electron chi connectivity index (χ4n) is 1.38. The summed E-state index contributed by atoms with van der Waals surface area (Å²) in [7, 11) is 1.68. The van der Waals surface area contributed by atoms with Crippen LogP contribution in [0.4, 0.5) is 5.69 Å². The van der Waals surface area contributed by atoms with Crippen LogP contribution < -0.4 is 5.32 Å². The summed E-state index contributed by atoms with van der Waals surface area (Å²) in [5, 5.41) is 13.8. The molecule has 17 heavy (non-hydrogen) atoms. The number of nitrogens with zero attached hydrogens (tertiary/aromatic N) is 1. The molecule has 0 spiro atoms. The highest BCUT2D eigenvalue weighted by molar-refractivity contribution is 5.32. The average molecular weight is 238 g/mol. The summed E-state index contributed by atoms with van der Waals surface area (Å²) in [5.41, 5.74) is 1.14. The number of ether oxygens (including phenoxy) is 1. The fraction of sp³-hybridized carbons (Fsp3) is 0.500. The number of hydrogen-bond donors (Lipinski definition) is 1. The van der Waals surface area contributed by atoms with Gasteiger partial charge in [0.05, 0.1) is 11.0 Å². The number of methoxy groups -OCH3 is 1. The smallest absolute Gasteiger partial charge is 0.269 e. The minimum atomic E-state index is -0.396. The van der Waals surface area contributed by atoms with Crippen LogP contribution >= 0.6 is 0 Å². The van der Waals surface area contributed by atoms with Gasteiger partial charge in [-0.05, 0) is 19.4 Å². The molecule has 0 saturated carbocycles. The third-order valence-electron chi connectivity index (χ3n) is 2.85. The molecule has 0 heterocycles. The minimum absolute atomic E-state index is 0.118. The number of nitrogens with one attached hydrogen (secondary N) is 1. The third kappa shape index (κ3) is 4.13. The van der Waals surface area contributed by atoms with Crippen molar-refractivity contribution in [2.24, 2.45) is 0 Å². The Labute approximate surface area is 101 Å². The molecule has 0 amide bonds. The Kier molecular flexibility index (Phi) is 5.06. The Hall–Kier alpha value is -1.46. The van der Waals surface area contributed by atoms with E-state index in [0.717, 1.165) is 5.56 Å². The van der Waals surface area contributed by atoms with Crippen LogP contribution in [0, 0.1) is 10.1 Å². The molecular weight excluding hydrogens is 220 g/mol. The molecule has 5 heteroatoms. The maximum Gasteiger partial charge on any atom is 0.269 e. The number of rotatable bonds is 6. The Morgan fingerprint density at radius 3 is 2.41 bits per heavy atom. The molecule has 0 saturated heterocycles. The summed E-state index contributed by atoms with van der Waals surface area (Å²) in [6, 6.07) is 6.78. The SMILES string of the molecule is COC(C)C(C)NCc1ccc([N+](=O)[O-])cc1. The second-order valence-electron chi connectivity index (χ2n) is 4.03. The molecule has 2 unspecified atom stereocenters. The van der Waals surface area contributed by atoms with Crippen molar-refractivity contribution in [3.8, 4) is 0 Å². The highest BCUT2D eigenvalue weighted by atomic mass is 16.6. The zero-order valence-corrected chi connectivity index (χ0v) is 10.3. The molecular formula is C12H18N2O3. The van der Waals surface area contributed by atoms with Crippen LogP contribution in [0.2, 0.25) is 0 Å². The van der Waals surface area contributed by atoms with E-state index in [4.69, 9.17) is 4.74 Å². The van der Waals surface area contributed by atoms with E-state index in [-0.39, 0.29) is 17.8 Å². The largest absolute Gasteiger partial charge is 0.380 e. The van der Waals surface area contributed by atoms with E-state index in [1.54, 1.807) is 19.2 Å². The molecule has 2 atom stereocenters. The van der Waals surface area contributed by atoms with Gasteiger partial charge in [-0.2, -0.15) is 0 Å². The van der Waals surface area contributed by atoms with Crippen LogP contribution in [-0.2, 0) is 11.3 Å². The van der Waals surface area contributed by atoms with Crippen LogP contribution in [0.25, 0.3) is 0 Å². The Balaban J connectivity index is 2.50. The van der Waals surface area contributed by atoms with Gasteiger partial charge in [-0.25, -0.2) is 0 Å². The minimum Gasteiger partial charge on any atom is -0.380 e. The van der Waals surface area contributed by atoms with E-state index < -0.39 is 4.92 Å². The maximum atomic E-state index is 10.5. The lowest BCUT2D eigenvalue weighted by Gasteiger charge is -2.19. The van der Waals surface area contributed by atoms with E-state index in [1.807, 2.05) is 13.8 Å². The standard InChI is InChI=1S/C12H18N2O3/c1-9(10(2)17-3)13-8-11-4-6-12(7-5-11)14(15)16/h4-7,9-10,13H,8H2,1-3H3. The number of non-ortho nitro benzene ring substituents is 1. The zero-order valence-electron chi connectivity index (χ0n) is 10.3. The van der Waals surface area contributed by atoms with Crippen LogP contribution in [-0.4, -0.2) is 24.2 Å². The molecule has 0 aromatic heterocycles. The maximum absolute atomic E-state index is 10.5. The normalized spacial score (nSPS) is 14.3. The van der Waals surface area contributed by atoms with Crippen molar-refractivity contribution >= 4 is 5.69 Å². The summed E-state index contributed by atoms with van der Waals surface area (Å²) in [6.45, 7) is 4.71. The lowest BCUT2D eigenvalue weighted by Crippen LogP contribution is -2.36. The molecule has 1 aromatic rings. The van der Waals surface area contributed by atoms with Gasteiger partial charge in [-0.15, -0.1) is 0 Å². The summed E-state index contributed by atoms with van der Waals surface area (Å²) in [4.78, 5) is 10.1. The average Bonchev–Trinajstić information content (AvgIpc) is 2.35. The topological polar surface area (TPSA) is 64.4 Å². The first kappa shape index (κ1) is 13.6. The van der Waals surface area contributed by atoms with E-state index in [0.29, 0.717) is 6.54 Å². The van der Waals surface area contributed by atoms with Crippen molar-refractivity contribution in [1.82, 2.24) is 5.32 Å². The van der Waals surface area contributed by atoms with Crippen LogP contribution in [0.1, 0.15) is 19.4 Å². The van der Waals surface area contributed by atoms with Crippen LogP contribution in [0.15, 0.2) is 24.3 Å². The van der Waals surface area contributed by atoms with Gasteiger partial charge in [0.25, 0.3) is 5.69 Å². The molecule has 0 fully saturated rings. The third-order valence-corrected chi connectivity index (χ3v) is 2.85. The van der Waals surface area contributed by atoms with Crippen molar-refractivity contribution < 1.29 is 9.66 Å². The van der Waals surface area contributed by atoms with E-state index >= 15 is 0 Å². The molecule has 5 nitrogen and oxygen atoms in total.